The lowest BCUT2D eigenvalue weighted by Gasteiger charge is -2.29. The molecule has 6 nitrogen and oxygen atoms in total. The number of halogens is 5. The molecule has 208 valence electrons. The van der Waals surface area contributed by atoms with Crippen molar-refractivity contribution in [1.82, 2.24) is 9.80 Å². The number of hydrogen-bond acceptors (Lipinski definition) is 4. The number of benzene rings is 3. The Morgan fingerprint density at radius 3 is 2.42 bits per heavy atom. The summed E-state index contributed by atoms with van der Waals surface area (Å²) in [5.41, 5.74) is 0.631. The van der Waals surface area contributed by atoms with Crippen molar-refractivity contribution in [2.45, 2.75) is 18.1 Å². The van der Waals surface area contributed by atoms with Crippen molar-refractivity contribution < 1.29 is 31.9 Å². The van der Waals surface area contributed by atoms with Crippen LogP contribution in [0.5, 0.6) is 5.75 Å². The van der Waals surface area contributed by atoms with Crippen LogP contribution in [0.1, 0.15) is 37.8 Å². The standard InChI is InChI=1S/C29H23Cl2F3N2O4/c1-35(27(37)19-5-8-26(39-2)21(12-19)29(32,33)34)24-15-36(14-20(24)16-3-6-22(30)23(31)13-16)28(38)18-4-7-25-17(11-18)9-10-40-25/h3-13,20,24H,14-15H2,1-2H3/t20-,24+/m0/s1. The fraction of sp³-hybridized carbons (Fsp3) is 0.241. The van der Waals surface area contributed by atoms with Gasteiger partial charge in [0.1, 0.15) is 11.3 Å². The number of alkyl halides is 3. The van der Waals surface area contributed by atoms with Gasteiger partial charge in [0.15, 0.2) is 0 Å². The van der Waals surface area contributed by atoms with Crippen LogP contribution in [0.3, 0.4) is 0 Å². The van der Waals surface area contributed by atoms with E-state index >= 15 is 0 Å². The number of amides is 2. The van der Waals surface area contributed by atoms with Crippen LogP contribution in [-0.2, 0) is 6.18 Å². The minimum Gasteiger partial charge on any atom is -0.496 e. The molecule has 1 aliphatic heterocycles. The number of nitrogens with zero attached hydrogens (tertiary/aromatic N) is 2. The molecule has 0 radical (unpaired) electrons. The third kappa shape index (κ3) is 5.23. The van der Waals surface area contributed by atoms with E-state index in [1.54, 1.807) is 47.4 Å². The summed E-state index contributed by atoms with van der Waals surface area (Å²) in [6, 6.07) is 14.6. The lowest BCUT2D eigenvalue weighted by atomic mass is 9.93. The molecule has 11 heteroatoms. The number of fused-ring (bicyclic) bond motifs is 1. The van der Waals surface area contributed by atoms with Gasteiger partial charge in [-0.1, -0.05) is 29.3 Å². The first-order valence-electron chi connectivity index (χ1n) is 12.2. The molecule has 5 rings (SSSR count). The van der Waals surface area contributed by atoms with E-state index in [1.165, 1.54) is 24.3 Å². The van der Waals surface area contributed by atoms with Crippen molar-refractivity contribution in [2.75, 3.05) is 27.2 Å². The number of ether oxygens (including phenoxy) is 1. The fourth-order valence-corrected chi connectivity index (χ4v) is 5.42. The van der Waals surface area contributed by atoms with Gasteiger partial charge in [0, 0.05) is 42.6 Å². The highest BCUT2D eigenvalue weighted by Gasteiger charge is 2.41. The molecule has 0 spiro atoms. The number of methoxy groups -OCH3 is 1. The molecular formula is C29H23Cl2F3N2O4. The van der Waals surface area contributed by atoms with Crippen LogP contribution in [0.15, 0.2) is 71.3 Å². The number of furan rings is 1. The maximum atomic E-state index is 13.6. The van der Waals surface area contributed by atoms with Gasteiger partial charge in [-0.25, -0.2) is 0 Å². The molecule has 1 fully saturated rings. The van der Waals surface area contributed by atoms with Gasteiger partial charge >= 0.3 is 6.18 Å². The molecule has 1 aromatic heterocycles. The lowest BCUT2D eigenvalue weighted by Crippen LogP contribution is -2.42. The van der Waals surface area contributed by atoms with Crippen LogP contribution in [0, 0.1) is 0 Å². The van der Waals surface area contributed by atoms with Crippen molar-refractivity contribution in [1.29, 1.82) is 0 Å². The SMILES string of the molecule is COc1ccc(C(=O)N(C)[C@@H]2CN(C(=O)c3ccc4occc4c3)C[C@H]2c2ccc(Cl)c(Cl)c2)cc1C(F)(F)F. The molecule has 40 heavy (non-hydrogen) atoms. The van der Waals surface area contributed by atoms with Gasteiger partial charge in [-0.2, -0.15) is 13.2 Å². The summed E-state index contributed by atoms with van der Waals surface area (Å²) < 4.78 is 51.1. The molecule has 0 unspecified atom stereocenters. The maximum Gasteiger partial charge on any atom is 0.419 e. The van der Waals surface area contributed by atoms with Crippen LogP contribution >= 0.6 is 23.2 Å². The number of carbonyl (C=O) groups excluding carboxylic acids is 2. The average Bonchev–Trinajstić information content (AvgIpc) is 3.59. The normalized spacial score (nSPS) is 17.3. The number of likely N-dealkylation sites (N-methyl/N-ethyl adjacent to an activating group) is 1. The van der Waals surface area contributed by atoms with Gasteiger partial charge in [0.2, 0.25) is 0 Å². The third-order valence-corrected chi connectivity index (χ3v) is 7.96. The van der Waals surface area contributed by atoms with Gasteiger partial charge in [-0.15, -0.1) is 0 Å². The Kier molecular flexibility index (Phi) is 7.46. The highest BCUT2D eigenvalue weighted by atomic mass is 35.5. The van der Waals surface area contributed by atoms with Crippen LogP contribution < -0.4 is 4.74 Å². The van der Waals surface area contributed by atoms with Gasteiger partial charge in [0.05, 0.1) is 35.0 Å². The number of carbonyl (C=O) groups is 2. The van der Waals surface area contributed by atoms with Crippen molar-refractivity contribution in [3.8, 4) is 5.75 Å². The van der Waals surface area contributed by atoms with E-state index in [9.17, 15) is 22.8 Å². The monoisotopic (exact) mass is 590 g/mol. The minimum absolute atomic E-state index is 0.150. The molecule has 2 amide bonds. The Labute approximate surface area is 237 Å². The molecule has 0 saturated carbocycles. The second-order valence-corrected chi connectivity index (χ2v) is 10.4. The summed E-state index contributed by atoms with van der Waals surface area (Å²) in [5.74, 6) is -1.64. The van der Waals surface area contributed by atoms with E-state index in [4.69, 9.17) is 32.4 Å². The first-order valence-corrected chi connectivity index (χ1v) is 13.0. The van der Waals surface area contributed by atoms with Gasteiger partial charge in [-0.3, -0.25) is 9.59 Å². The predicted molar refractivity (Wildman–Crippen MR) is 145 cm³/mol. The maximum absolute atomic E-state index is 13.6. The average molecular weight is 591 g/mol. The molecule has 1 aliphatic rings. The molecule has 4 aromatic rings. The van der Waals surface area contributed by atoms with E-state index < -0.39 is 23.7 Å². The topological polar surface area (TPSA) is 63.0 Å². The minimum atomic E-state index is -4.71. The van der Waals surface area contributed by atoms with E-state index in [0.717, 1.165) is 30.2 Å². The Morgan fingerprint density at radius 2 is 1.73 bits per heavy atom. The van der Waals surface area contributed by atoms with E-state index in [-0.39, 0.29) is 36.2 Å². The summed E-state index contributed by atoms with van der Waals surface area (Å²) in [6.07, 6.45) is -3.18. The van der Waals surface area contributed by atoms with Gasteiger partial charge in [0.25, 0.3) is 11.8 Å². The van der Waals surface area contributed by atoms with Crippen LogP contribution in [0.4, 0.5) is 13.2 Å². The van der Waals surface area contributed by atoms with Crippen molar-refractivity contribution in [3.63, 3.8) is 0 Å². The zero-order valence-electron chi connectivity index (χ0n) is 21.3. The molecule has 3 aromatic carbocycles. The predicted octanol–water partition coefficient (Wildman–Crippen LogP) is 7.15. The zero-order valence-corrected chi connectivity index (χ0v) is 22.8. The second kappa shape index (κ2) is 10.7. The van der Waals surface area contributed by atoms with Gasteiger partial charge in [-0.05, 0) is 60.2 Å². The first-order chi connectivity index (χ1) is 19.0. The van der Waals surface area contributed by atoms with Crippen LogP contribution in [-0.4, -0.2) is 54.9 Å². The Morgan fingerprint density at radius 1 is 0.975 bits per heavy atom. The Bertz CT molecular complexity index is 1600. The summed E-state index contributed by atoms with van der Waals surface area (Å²) in [4.78, 5) is 30.1. The van der Waals surface area contributed by atoms with Crippen molar-refractivity contribution >= 4 is 46.0 Å². The van der Waals surface area contributed by atoms with E-state index in [0.29, 0.717) is 21.2 Å². The van der Waals surface area contributed by atoms with E-state index in [2.05, 4.69) is 0 Å². The Balaban J connectivity index is 1.48. The van der Waals surface area contributed by atoms with Crippen molar-refractivity contribution in [2.24, 2.45) is 0 Å². The van der Waals surface area contributed by atoms with Crippen LogP contribution in [0.25, 0.3) is 11.0 Å². The largest absolute Gasteiger partial charge is 0.496 e. The fourth-order valence-electron chi connectivity index (χ4n) is 5.11. The van der Waals surface area contributed by atoms with E-state index in [1.807, 2.05) is 0 Å². The molecular weight excluding hydrogens is 568 g/mol. The molecule has 0 N–H and O–H groups in total. The molecule has 2 heterocycles. The highest BCUT2D eigenvalue weighted by Crippen LogP contribution is 2.38. The molecule has 2 atom stereocenters. The molecule has 0 aliphatic carbocycles. The third-order valence-electron chi connectivity index (χ3n) is 7.22. The summed E-state index contributed by atoms with van der Waals surface area (Å²) in [6.45, 7) is 0.399. The number of rotatable bonds is 5. The summed E-state index contributed by atoms with van der Waals surface area (Å²) in [7, 11) is 2.65. The zero-order chi connectivity index (χ0) is 28.8. The number of likely N-dealkylation sites (tertiary alicyclic amines) is 1. The van der Waals surface area contributed by atoms with Crippen LogP contribution in [0.2, 0.25) is 10.0 Å². The molecule has 1 saturated heterocycles. The molecule has 0 bridgehead atoms. The summed E-state index contributed by atoms with van der Waals surface area (Å²) >= 11 is 12.4. The number of hydrogen-bond donors (Lipinski definition) is 0. The lowest BCUT2D eigenvalue weighted by molar-refractivity contribution is -0.138. The Hall–Kier alpha value is -3.69. The first kappa shape index (κ1) is 27.9. The highest BCUT2D eigenvalue weighted by molar-refractivity contribution is 6.42. The smallest absolute Gasteiger partial charge is 0.419 e. The van der Waals surface area contributed by atoms with Gasteiger partial charge < -0.3 is 19.0 Å². The quantitative estimate of drug-likeness (QED) is 0.248. The van der Waals surface area contributed by atoms with Crippen molar-refractivity contribution in [3.05, 3.63) is 99.2 Å². The summed E-state index contributed by atoms with van der Waals surface area (Å²) in [5, 5.41) is 1.44. The second-order valence-electron chi connectivity index (χ2n) is 9.56.